The lowest BCUT2D eigenvalue weighted by atomic mass is 9.86. The highest BCUT2D eigenvalue weighted by Gasteiger charge is 2.26. The Hall–Kier alpha value is -0.530. The van der Waals surface area contributed by atoms with Crippen LogP contribution >= 0.6 is 28.4 Å². The molecule has 1 saturated carbocycles. The minimum atomic E-state index is 0.269. The van der Waals surface area contributed by atoms with Crippen molar-refractivity contribution in [3.05, 3.63) is 18.0 Å². The molecule has 1 unspecified atom stereocenters. The number of halogens is 1. The fourth-order valence-electron chi connectivity index (χ4n) is 3.44. The summed E-state index contributed by atoms with van der Waals surface area (Å²) in [5.74, 6) is 1.44. The molecule has 2 aliphatic rings. The molecule has 26 heavy (non-hydrogen) atoms. The highest BCUT2D eigenvalue weighted by Crippen LogP contribution is 2.24. The molecule has 0 spiro atoms. The zero-order valence-electron chi connectivity index (χ0n) is 15.7. The molecule has 0 aromatic carbocycles. The van der Waals surface area contributed by atoms with E-state index in [1.807, 2.05) is 0 Å². The Morgan fingerprint density at radius 2 is 1.92 bits per heavy atom. The number of aldehydes is 1. The van der Waals surface area contributed by atoms with Gasteiger partial charge in [-0.1, -0.05) is 6.92 Å². The third-order valence-electron chi connectivity index (χ3n) is 5.27. The van der Waals surface area contributed by atoms with Crippen LogP contribution in [0, 0.1) is 11.8 Å². The van der Waals surface area contributed by atoms with E-state index in [0.29, 0.717) is 24.0 Å². The van der Waals surface area contributed by atoms with Gasteiger partial charge in [0.1, 0.15) is 5.69 Å². The molecule has 1 aromatic heterocycles. The van der Waals surface area contributed by atoms with Crippen LogP contribution in [0.2, 0.25) is 0 Å². The van der Waals surface area contributed by atoms with Gasteiger partial charge in [0, 0.05) is 18.2 Å². The highest BCUT2D eigenvalue weighted by molar-refractivity contribution is 14.2. The third-order valence-corrected chi connectivity index (χ3v) is 7.17. The number of carbonyl (C=O) groups is 2. The zero-order chi connectivity index (χ0) is 18.9. The molecule has 1 atom stereocenters. The maximum Gasteiger partial charge on any atom is 0.223 e. The molecule has 8 heteroatoms. The molecule has 2 fully saturated rings. The van der Waals surface area contributed by atoms with Crippen molar-refractivity contribution in [3.63, 3.8) is 0 Å². The molecule has 1 aliphatic carbocycles. The normalized spacial score (nSPS) is 24.9. The summed E-state index contributed by atoms with van der Waals surface area (Å²) >= 11 is 2.20. The number of nitrogens with zero attached hydrogens (tertiary/aromatic N) is 3. The molecular weight excluding hydrogens is 462 g/mol. The van der Waals surface area contributed by atoms with Gasteiger partial charge in [0.05, 0.1) is 6.37 Å². The maximum atomic E-state index is 12.1. The van der Waals surface area contributed by atoms with Gasteiger partial charge in [-0.2, -0.15) is 5.10 Å². The Morgan fingerprint density at radius 1 is 1.27 bits per heavy atom. The first kappa shape index (κ1) is 21.8. The largest absolute Gasteiger partial charge is 0.353 e. The molecule has 3 rings (SSSR count). The summed E-state index contributed by atoms with van der Waals surface area (Å²) in [4.78, 5) is 24.5. The van der Waals surface area contributed by atoms with Gasteiger partial charge in [-0.25, -0.2) is 4.45 Å². The van der Waals surface area contributed by atoms with Crippen LogP contribution in [0.1, 0.15) is 55.9 Å². The second-order valence-corrected chi connectivity index (χ2v) is 9.50. The Balaban J connectivity index is 0.000000228. The van der Waals surface area contributed by atoms with Gasteiger partial charge >= 0.3 is 0 Å². The van der Waals surface area contributed by atoms with Crippen molar-refractivity contribution in [2.24, 2.45) is 11.8 Å². The molecule has 1 aliphatic heterocycles. The minimum Gasteiger partial charge on any atom is -0.353 e. The van der Waals surface area contributed by atoms with Crippen LogP contribution in [0.15, 0.2) is 12.3 Å². The predicted molar refractivity (Wildman–Crippen MR) is 115 cm³/mol. The number of likely N-dealkylation sites (tertiary alicyclic amines) is 1. The van der Waals surface area contributed by atoms with E-state index >= 15 is 0 Å². The van der Waals surface area contributed by atoms with Gasteiger partial charge in [-0.05, 0) is 92.7 Å². The first-order chi connectivity index (χ1) is 12.5. The second kappa shape index (κ2) is 11.3. The molecule has 0 bridgehead atoms. The predicted octanol–water partition coefficient (Wildman–Crippen LogP) is 3.51. The number of carbonyl (C=O) groups excluding carboxylic acids is 2. The summed E-state index contributed by atoms with van der Waals surface area (Å²) in [5.41, 5.74) is 0.499. The smallest absolute Gasteiger partial charge is 0.223 e. The van der Waals surface area contributed by atoms with Crippen LogP contribution in [0.3, 0.4) is 0 Å². The molecule has 1 aromatic rings. The van der Waals surface area contributed by atoms with E-state index in [4.69, 9.17) is 0 Å². The van der Waals surface area contributed by atoms with Crippen LogP contribution in [0.5, 0.6) is 0 Å². The summed E-state index contributed by atoms with van der Waals surface area (Å²) < 4.78 is 1.73. The van der Waals surface area contributed by atoms with Gasteiger partial charge in [0.25, 0.3) is 0 Å². The average molecular weight is 492 g/mol. The van der Waals surface area contributed by atoms with Crippen molar-refractivity contribution < 1.29 is 9.59 Å². The summed E-state index contributed by atoms with van der Waals surface area (Å²) in [5, 5.41) is 7.17. The molecule has 6 nitrogen and oxygen atoms in total. The Bertz CT molecular complexity index is 567. The van der Waals surface area contributed by atoms with Crippen molar-refractivity contribution in [2.45, 2.75) is 51.5 Å². The molecule has 1 saturated heterocycles. The van der Waals surface area contributed by atoms with E-state index in [1.54, 1.807) is 16.7 Å². The zero-order valence-corrected chi connectivity index (χ0v) is 18.8. The number of amides is 1. The lowest BCUT2D eigenvalue weighted by Crippen LogP contribution is -2.44. The van der Waals surface area contributed by atoms with Crippen LogP contribution in [0.25, 0.3) is 0 Å². The molecule has 146 valence electrons. The summed E-state index contributed by atoms with van der Waals surface area (Å²) in [6.45, 7) is 4.45. The fourth-order valence-corrected chi connectivity index (χ4v) is 4.53. The minimum absolute atomic E-state index is 0.269. The molecule has 2 heterocycles. The van der Waals surface area contributed by atoms with Crippen molar-refractivity contribution in [1.82, 2.24) is 19.8 Å². The average Bonchev–Trinajstić information content (AvgIpc) is 3.13. The molecule has 1 N–H and O–H groups in total. The van der Waals surface area contributed by atoms with E-state index in [0.717, 1.165) is 38.1 Å². The van der Waals surface area contributed by atoms with E-state index in [2.05, 4.69) is 51.3 Å². The fraction of sp³-hybridized carbons (Fsp3) is 0.722. The van der Waals surface area contributed by atoms with Gasteiger partial charge < -0.3 is 10.2 Å². The number of piperidine rings is 1. The standard InChI is InChI=1S/C14H26N2O.C4H4IN2OP/c1-11-3-5-13(6-4-11)15-14(17)12-7-9-16(2)10-8-12;5-9-7-2-1-4(3-8)6-7/h11-13H,3-10H2,1-2H3,(H,15,17);1-3,9H. The van der Waals surface area contributed by atoms with Gasteiger partial charge in [-0.3, -0.25) is 9.59 Å². The SMILES string of the molecule is CC1CCC(NC(=O)C2CCN(C)CC2)CC1.O=Cc1ccn(PI)n1. The quantitative estimate of drug-likeness (QED) is 0.397. The van der Waals surface area contributed by atoms with Crippen LogP contribution in [-0.2, 0) is 4.79 Å². The van der Waals surface area contributed by atoms with E-state index in [-0.39, 0.29) is 5.92 Å². The number of hydrogen-bond acceptors (Lipinski definition) is 4. The van der Waals surface area contributed by atoms with Crippen molar-refractivity contribution >= 4 is 40.6 Å². The van der Waals surface area contributed by atoms with E-state index < -0.39 is 0 Å². The van der Waals surface area contributed by atoms with Crippen molar-refractivity contribution in [3.8, 4) is 0 Å². The Kier molecular flexibility index (Phi) is 9.50. The number of aromatic nitrogens is 2. The van der Waals surface area contributed by atoms with Gasteiger partial charge in [0.2, 0.25) is 5.91 Å². The Morgan fingerprint density at radius 3 is 2.42 bits per heavy atom. The number of hydrogen-bond donors (Lipinski definition) is 1. The van der Waals surface area contributed by atoms with E-state index in [9.17, 15) is 9.59 Å². The number of rotatable bonds is 4. The van der Waals surface area contributed by atoms with Crippen LogP contribution in [0.4, 0.5) is 0 Å². The van der Waals surface area contributed by atoms with Crippen LogP contribution < -0.4 is 5.32 Å². The van der Waals surface area contributed by atoms with Crippen molar-refractivity contribution in [2.75, 3.05) is 20.1 Å². The lowest BCUT2D eigenvalue weighted by molar-refractivity contribution is -0.127. The summed E-state index contributed by atoms with van der Waals surface area (Å²) in [7, 11) is 2.14. The molecular formula is C18H30IN4O2P. The second-order valence-electron chi connectivity index (χ2n) is 7.43. The van der Waals surface area contributed by atoms with Crippen molar-refractivity contribution in [1.29, 1.82) is 0 Å². The maximum absolute atomic E-state index is 12.1. The summed E-state index contributed by atoms with van der Waals surface area (Å²) in [6, 6.07) is 2.15. The summed E-state index contributed by atoms with van der Waals surface area (Å²) in [6.07, 6.45) is 10.1. The monoisotopic (exact) mass is 492 g/mol. The highest BCUT2D eigenvalue weighted by atomic mass is 127. The third kappa shape index (κ3) is 7.24. The first-order valence-corrected chi connectivity index (χ1v) is 13.4. The topological polar surface area (TPSA) is 67.2 Å². The first-order valence-electron chi connectivity index (χ1n) is 9.38. The van der Waals surface area contributed by atoms with Crippen LogP contribution in [-0.4, -0.2) is 52.8 Å². The Labute approximate surface area is 171 Å². The molecule has 1 amide bonds. The van der Waals surface area contributed by atoms with E-state index in [1.165, 1.54) is 25.7 Å². The lowest BCUT2D eigenvalue weighted by Gasteiger charge is -2.31. The molecule has 0 radical (unpaired) electrons. The van der Waals surface area contributed by atoms with Gasteiger partial charge in [-0.15, -0.1) is 0 Å². The number of nitrogens with one attached hydrogen (secondary N) is 1. The van der Waals surface area contributed by atoms with Gasteiger partial charge in [0.15, 0.2) is 6.29 Å².